The number of hydrogen-bond donors (Lipinski definition) is 1. The Morgan fingerprint density at radius 2 is 2.33 bits per heavy atom. The molecule has 0 aliphatic rings. The summed E-state index contributed by atoms with van der Waals surface area (Å²) in [6, 6.07) is 0. The van der Waals surface area contributed by atoms with Crippen molar-refractivity contribution in [2.24, 2.45) is 0 Å². The summed E-state index contributed by atoms with van der Waals surface area (Å²) in [4.78, 5) is 9.61. The van der Waals surface area contributed by atoms with Crippen LogP contribution in [0.4, 0.5) is 0 Å². The zero-order valence-electron chi connectivity index (χ0n) is 3.22. The van der Waals surface area contributed by atoms with Crippen molar-refractivity contribution < 1.29 is 9.90 Å². The Labute approximate surface area is 49.4 Å². The Bertz CT molecular complexity index is 52.8. The molecule has 0 fully saturated rings. The standard InChI is InChI=1S/C3H6O2Te/c4-3(5)1-2-6/h6H,1-2H2,(H,4,5). The van der Waals surface area contributed by atoms with Crippen LogP contribution >= 0.6 is 0 Å². The Hall–Kier alpha value is 0.260. The van der Waals surface area contributed by atoms with E-state index in [1.807, 2.05) is 0 Å². The molecule has 0 atom stereocenters. The summed E-state index contributed by atoms with van der Waals surface area (Å²) < 4.78 is 0.781. The molecular formula is C3H6O2Te. The Morgan fingerprint density at radius 1 is 1.83 bits per heavy atom. The molecule has 0 saturated heterocycles. The monoisotopic (exact) mass is 204 g/mol. The van der Waals surface area contributed by atoms with Crippen molar-refractivity contribution in [1.29, 1.82) is 0 Å². The number of aliphatic carboxylic acids is 1. The summed E-state index contributed by atoms with van der Waals surface area (Å²) in [6.07, 6.45) is 0.314. The van der Waals surface area contributed by atoms with E-state index in [9.17, 15) is 4.79 Å². The van der Waals surface area contributed by atoms with Crippen LogP contribution in [0.5, 0.6) is 0 Å². The number of carbonyl (C=O) groups is 1. The molecule has 2 nitrogen and oxygen atoms in total. The second kappa shape index (κ2) is 3.45. The van der Waals surface area contributed by atoms with Crippen LogP contribution in [0.15, 0.2) is 0 Å². The molecule has 0 aromatic rings. The van der Waals surface area contributed by atoms with E-state index in [1.54, 1.807) is 22.3 Å². The summed E-state index contributed by atoms with van der Waals surface area (Å²) in [5.41, 5.74) is 0. The van der Waals surface area contributed by atoms with Gasteiger partial charge in [-0.2, -0.15) is 0 Å². The quantitative estimate of drug-likeness (QED) is 0.628. The van der Waals surface area contributed by atoms with Gasteiger partial charge in [0.25, 0.3) is 0 Å². The molecule has 36 valence electrons. The van der Waals surface area contributed by atoms with Crippen LogP contribution in [-0.2, 0) is 4.79 Å². The van der Waals surface area contributed by atoms with Crippen LogP contribution in [-0.4, -0.2) is 33.4 Å². The second-order valence-corrected chi connectivity index (χ2v) is 2.14. The average molecular weight is 202 g/mol. The molecule has 0 amide bonds. The Kier molecular flexibility index (Phi) is 3.60. The molecule has 0 radical (unpaired) electrons. The van der Waals surface area contributed by atoms with E-state index in [0.717, 1.165) is 4.47 Å². The van der Waals surface area contributed by atoms with Crippen LogP contribution in [0, 0.1) is 0 Å². The SMILES string of the molecule is O=C(O)CC[TeH]. The van der Waals surface area contributed by atoms with Gasteiger partial charge in [-0.3, -0.25) is 0 Å². The molecule has 0 aromatic carbocycles. The summed E-state index contributed by atoms with van der Waals surface area (Å²) >= 11 is 1.54. The zero-order chi connectivity index (χ0) is 4.99. The maximum absolute atomic E-state index is 9.61. The number of carboxylic acid groups (broad SMARTS) is 1. The van der Waals surface area contributed by atoms with Crippen molar-refractivity contribution in [2.45, 2.75) is 10.9 Å². The van der Waals surface area contributed by atoms with Crippen molar-refractivity contribution in [1.82, 2.24) is 0 Å². The fourth-order valence-corrected chi connectivity index (χ4v) is 0.642. The topological polar surface area (TPSA) is 37.3 Å². The van der Waals surface area contributed by atoms with E-state index in [1.165, 1.54) is 0 Å². The van der Waals surface area contributed by atoms with Gasteiger partial charge in [-0.05, 0) is 0 Å². The first-order chi connectivity index (χ1) is 2.77. The molecular weight excluding hydrogens is 196 g/mol. The normalized spacial score (nSPS) is 8.17. The minimum absolute atomic E-state index is 0.314. The van der Waals surface area contributed by atoms with Crippen molar-refractivity contribution in [2.75, 3.05) is 0 Å². The third-order valence-corrected chi connectivity index (χ3v) is 0.964. The molecule has 0 heterocycles. The van der Waals surface area contributed by atoms with Gasteiger partial charge < -0.3 is 0 Å². The summed E-state index contributed by atoms with van der Waals surface area (Å²) in [5, 5.41) is 7.92. The van der Waals surface area contributed by atoms with Crippen LogP contribution in [0.3, 0.4) is 0 Å². The van der Waals surface area contributed by atoms with Gasteiger partial charge in [0.05, 0.1) is 0 Å². The van der Waals surface area contributed by atoms with Crippen molar-refractivity contribution >= 4 is 28.3 Å². The van der Waals surface area contributed by atoms with Gasteiger partial charge in [0.15, 0.2) is 0 Å². The average Bonchev–Trinajstić information content (AvgIpc) is 1.35. The van der Waals surface area contributed by atoms with Crippen molar-refractivity contribution in [3.05, 3.63) is 0 Å². The van der Waals surface area contributed by atoms with E-state index >= 15 is 0 Å². The molecule has 0 bridgehead atoms. The predicted molar refractivity (Wildman–Crippen MR) is 24.2 cm³/mol. The Morgan fingerprint density at radius 3 is 2.33 bits per heavy atom. The van der Waals surface area contributed by atoms with Crippen molar-refractivity contribution in [3.63, 3.8) is 0 Å². The minimum atomic E-state index is -0.698. The molecule has 1 N–H and O–H groups in total. The van der Waals surface area contributed by atoms with Gasteiger partial charge in [0, 0.05) is 0 Å². The molecule has 0 aromatic heterocycles. The molecule has 0 saturated carbocycles. The predicted octanol–water partition coefficient (Wildman–Crippen LogP) is -0.220. The van der Waals surface area contributed by atoms with E-state index in [2.05, 4.69) is 0 Å². The van der Waals surface area contributed by atoms with Crippen LogP contribution in [0.2, 0.25) is 4.47 Å². The maximum atomic E-state index is 9.61. The number of rotatable bonds is 2. The molecule has 0 spiro atoms. The van der Waals surface area contributed by atoms with E-state index < -0.39 is 5.97 Å². The van der Waals surface area contributed by atoms with Gasteiger partial charge in [0.2, 0.25) is 0 Å². The third-order valence-electron chi connectivity index (χ3n) is 0.326. The van der Waals surface area contributed by atoms with Crippen LogP contribution in [0.25, 0.3) is 0 Å². The van der Waals surface area contributed by atoms with Gasteiger partial charge in [0.1, 0.15) is 0 Å². The van der Waals surface area contributed by atoms with Gasteiger partial charge in [-0.25, -0.2) is 0 Å². The van der Waals surface area contributed by atoms with Crippen LogP contribution < -0.4 is 0 Å². The first-order valence-corrected chi connectivity index (χ1v) is 3.40. The molecule has 0 rings (SSSR count). The second-order valence-electron chi connectivity index (χ2n) is 0.867. The molecule has 0 aliphatic carbocycles. The number of carboxylic acids is 1. The Balaban J connectivity index is 2.83. The summed E-state index contributed by atoms with van der Waals surface area (Å²) in [5.74, 6) is -0.698. The van der Waals surface area contributed by atoms with E-state index in [4.69, 9.17) is 5.11 Å². The van der Waals surface area contributed by atoms with Gasteiger partial charge in [-0.1, -0.05) is 0 Å². The van der Waals surface area contributed by atoms with Gasteiger partial charge >= 0.3 is 49.1 Å². The fourth-order valence-electron chi connectivity index (χ4n) is 0.0956. The number of hydrogen-bond acceptors (Lipinski definition) is 1. The third kappa shape index (κ3) is 4.26. The van der Waals surface area contributed by atoms with E-state index in [-0.39, 0.29) is 0 Å². The van der Waals surface area contributed by atoms with Crippen LogP contribution in [0.1, 0.15) is 6.42 Å². The van der Waals surface area contributed by atoms with E-state index in [0.29, 0.717) is 6.42 Å². The zero-order valence-corrected chi connectivity index (χ0v) is 5.77. The molecule has 6 heavy (non-hydrogen) atoms. The molecule has 0 unspecified atom stereocenters. The molecule has 0 aliphatic heterocycles. The first-order valence-electron chi connectivity index (χ1n) is 1.60. The van der Waals surface area contributed by atoms with Gasteiger partial charge in [-0.15, -0.1) is 0 Å². The summed E-state index contributed by atoms with van der Waals surface area (Å²) in [7, 11) is 0. The first kappa shape index (κ1) is 6.26. The molecule has 3 heteroatoms. The van der Waals surface area contributed by atoms with Crippen molar-refractivity contribution in [3.8, 4) is 0 Å². The summed E-state index contributed by atoms with van der Waals surface area (Å²) in [6.45, 7) is 0. The fraction of sp³-hybridized carbons (Fsp3) is 0.667.